The highest BCUT2D eigenvalue weighted by molar-refractivity contribution is 5.94. The highest BCUT2D eigenvalue weighted by Gasteiger charge is 2.43. The molecule has 2 aromatic carbocycles. The van der Waals surface area contributed by atoms with Gasteiger partial charge < -0.3 is 15.4 Å². The Morgan fingerprint density at radius 1 is 1.02 bits per heavy atom. The smallest absolute Gasteiger partial charge is 0.416 e. The second kappa shape index (κ2) is 9.72. The second-order valence-electron chi connectivity index (χ2n) is 10.3. The molecule has 3 N–H and O–H groups in total. The monoisotopic (exact) mass is 554 g/mol. The molecule has 7 rings (SSSR count). The summed E-state index contributed by atoms with van der Waals surface area (Å²) in [5.41, 5.74) is 0.943. The van der Waals surface area contributed by atoms with Crippen LogP contribution in [0, 0.1) is 29.4 Å². The van der Waals surface area contributed by atoms with Crippen LogP contribution >= 0.6 is 0 Å². The third-order valence-corrected chi connectivity index (χ3v) is 7.91. The number of carboxylic acids is 1. The zero-order valence-corrected chi connectivity index (χ0v) is 20.9. The van der Waals surface area contributed by atoms with E-state index in [2.05, 4.69) is 20.3 Å². The van der Waals surface area contributed by atoms with E-state index < -0.39 is 35.3 Å². The summed E-state index contributed by atoms with van der Waals surface area (Å²) in [7, 11) is 0. The van der Waals surface area contributed by atoms with Crippen molar-refractivity contribution in [3.05, 3.63) is 77.6 Å². The molecule has 6 nitrogen and oxygen atoms in total. The molecule has 3 fully saturated rings. The topological polar surface area (TPSA) is 90.9 Å². The molecule has 206 valence electrons. The fourth-order valence-corrected chi connectivity index (χ4v) is 5.98. The van der Waals surface area contributed by atoms with Gasteiger partial charge in [0.05, 0.1) is 22.7 Å². The van der Waals surface area contributed by atoms with Crippen molar-refractivity contribution in [2.45, 2.75) is 31.9 Å². The number of carboxylic acid groups (broad SMARTS) is 1. The molecule has 0 spiro atoms. The van der Waals surface area contributed by atoms with Crippen molar-refractivity contribution in [2.75, 3.05) is 5.32 Å². The number of benzene rings is 2. The molecule has 3 aliphatic carbocycles. The first-order valence-corrected chi connectivity index (χ1v) is 12.8. The molecule has 2 aromatic heterocycles. The lowest BCUT2D eigenvalue weighted by Gasteiger charge is -2.42. The third-order valence-electron chi connectivity index (χ3n) is 7.91. The standard InChI is InChI=1S/C29H23F5N4O2/c30-18-9-19-21(13-36-26(19)22(31)10-18)27-37-23(15-5-7-17(8-6-15)29(32,33)34)11-24(38-27)35-12-20-14-1-3-16(4-2-14)25(20)28(39)40/h5-14,16,25,36H,1-4H2,(H,39,40)(H,35,37,38)/t14?,16?,25-/m1/s1. The lowest BCUT2D eigenvalue weighted by atomic mass is 9.62. The van der Waals surface area contributed by atoms with E-state index in [1.54, 1.807) is 6.20 Å². The van der Waals surface area contributed by atoms with Gasteiger partial charge in [0.15, 0.2) is 5.82 Å². The quantitative estimate of drug-likeness (QED) is 0.224. The molecular formula is C29H23F5N4O2. The van der Waals surface area contributed by atoms with Crippen LogP contribution in [0.4, 0.5) is 27.8 Å². The molecule has 0 amide bonds. The molecule has 0 radical (unpaired) electrons. The van der Waals surface area contributed by atoms with Crippen molar-refractivity contribution in [3.63, 3.8) is 0 Å². The van der Waals surface area contributed by atoms with Crippen LogP contribution in [0.15, 0.2) is 60.4 Å². The summed E-state index contributed by atoms with van der Waals surface area (Å²) in [5, 5.41) is 13.2. The van der Waals surface area contributed by atoms with E-state index in [1.165, 1.54) is 24.4 Å². The molecule has 3 aliphatic rings. The number of halogens is 5. The van der Waals surface area contributed by atoms with Gasteiger partial charge in [-0.25, -0.2) is 18.7 Å². The van der Waals surface area contributed by atoms with E-state index in [9.17, 15) is 31.9 Å². The van der Waals surface area contributed by atoms with Crippen LogP contribution in [-0.4, -0.2) is 26.0 Å². The average molecular weight is 555 g/mol. The van der Waals surface area contributed by atoms with Crippen molar-refractivity contribution in [3.8, 4) is 22.6 Å². The molecule has 40 heavy (non-hydrogen) atoms. The van der Waals surface area contributed by atoms with Crippen LogP contribution in [0.2, 0.25) is 0 Å². The van der Waals surface area contributed by atoms with Gasteiger partial charge in [-0.3, -0.25) is 4.79 Å². The summed E-state index contributed by atoms with van der Waals surface area (Å²) < 4.78 is 67.8. The minimum Gasteiger partial charge on any atom is -0.481 e. The number of carbonyl (C=O) groups is 1. The van der Waals surface area contributed by atoms with E-state index in [0.717, 1.165) is 55.5 Å². The molecule has 2 heterocycles. The van der Waals surface area contributed by atoms with Crippen LogP contribution in [0.3, 0.4) is 0 Å². The molecule has 0 unspecified atom stereocenters. The van der Waals surface area contributed by atoms with Crippen LogP contribution in [0.1, 0.15) is 31.2 Å². The Morgan fingerprint density at radius 3 is 2.42 bits per heavy atom. The number of fused-ring (bicyclic) bond motifs is 4. The molecule has 0 saturated heterocycles. The van der Waals surface area contributed by atoms with Crippen LogP contribution in [0.25, 0.3) is 33.5 Å². The molecule has 3 saturated carbocycles. The average Bonchev–Trinajstić information content (AvgIpc) is 3.36. The summed E-state index contributed by atoms with van der Waals surface area (Å²) in [5.74, 6) is -2.53. The minimum absolute atomic E-state index is 0.0547. The first kappa shape index (κ1) is 26.0. The number of aromatic amines is 1. The Morgan fingerprint density at radius 2 is 1.75 bits per heavy atom. The molecule has 4 aromatic rings. The van der Waals surface area contributed by atoms with E-state index in [-0.39, 0.29) is 45.6 Å². The molecular weight excluding hydrogens is 531 g/mol. The van der Waals surface area contributed by atoms with Crippen LogP contribution in [0.5, 0.6) is 0 Å². The van der Waals surface area contributed by atoms with Gasteiger partial charge in [0.1, 0.15) is 17.5 Å². The Kier molecular flexibility index (Phi) is 6.31. The fourth-order valence-electron chi connectivity index (χ4n) is 5.98. The Bertz CT molecular complexity index is 1640. The predicted octanol–water partition coefficient (Wildman–Crippen LogP) is 7.41. The molecule has 2 bridgehead atoms. The van der Waals surface area contributed by atoms with Crippen LogP contribution < -0.4 is 5.32 Å². The summed E-state index contributed by atoms with van der Waals surface area (Å²) >= 11 is 0. The Labute approximate surface area is 225 Å². The summed E-state index contributed by atoms with van der Waals surface area (Å²) in [6.07, 6.45) is 2.12. The number of aliphatic carboxylic acids is 1. The van der Waals surface area contributed by atoms with Gasteiger partial charge in [0.25, 0.3) is 0 Å². The number of nitrogens with zero attached hydrogens (tertiary/aromatic N) is 2. The first-order chi connectivity index (χ1) is 19.1. The third kappa shape index (κ3) is 4.69. The number of aromatic nitrogens is 3. The van der Waals surface area contributed by atoms with E-state index in [4.69, 9.17) is 0 Å². The maximum atomic E-state index is 14.4. The van der Waals surface area contributed by atoms with Crippen LogP contribution in [-0.2, 0) is 11.0 Å². The SMILES string of the molecule is O=C(O)[C@H]1C(=CNc2cc(-c3ccc(C(F)(F)F)cc3)nc(-c3c[nH]c4c(F)cc(F)cc34)n2)C2CCC1CC2. The summed E-state index contributed by atoms with van der Waals surface area (Å²) in [6, 6.07) is 7.88. The predicted molar refractivity (Wildman–Crippen MR) is 138 cm³/mol. The summed E-state index contributed by atoms with van der Waals surface area (Å²) in [4.78, 5) is 23.9. The van der Waals surface area contributed by atoms with Gasteiger partial charge in [-0.1, -0.05) is 12.1 Å². The van der Waals surface area contributed by atoms with Gasteiger partial charge >= 0.3 is 12.1 Å². The Hall–Kier alpha value is -4.28. The van der Waals surface area contributed by atoms with Crippen molar-refractivity contribution in [1.82, 2.24) is 15.0 Å². The maximum Gasteiger partial charge on any atom is 0.416 e. The molecule has 1 atom stereocenters. The molecule has 11 heteroatoms. The summed E-state index contributed by atoms with van der Waals surface area (Å²) in [6.45, 7) is 0. The lowest BCUT2D eigenvalue weighted by Crippen LogP contribution is -2.38. The number of anilines is 1. The van der Waals surface area contributed by atoms with Gasteiger partial charge in [-0.2, -0.15) is 13.2 Å². The van der Waals surface area contributed by atoms with Crippen molar-refractivity contribution in [1.29, 1.82) is 0 Å². The van der Waals surface area contributed by atoms with Gasteiger partial charge in [0.2, 0.25) is 0 Å². The number of H-pyrrole nitrogens is 1. The van der Waals surface area contributed by atoms with E-state index in [0.29, 0.717) is 5.56 Å². The Balaban J connectivity index is 1.45. The van der Waals surface area contributed by atoms with Gasteiger partial charge in [-0.15, -0.1) is 0 Å². The van der Waals surface area contributed by atoms with Gasteiger partial charge in [-0.05, 0) is 61.3 Å². The number of alkyl halides is 3. The highest BCUT2D eigenvalue weighted by Crippen LogP contribution is 2.48. The highest BCUT2D eigenvalue weighted by atomic mass is 19.4. The largest absolute Gasteiger partial charge is 0.481 e. The minimum atomic E-state index is -4.51. The first-order valence-electron chi connectivity index (χ1n) is 12.8. The zero-order valence-electron chi connectivity index (χ0n) is 20.9. The van der Waals surface area contributed by atoms with Gasteiger partial charge in [0, 0.05) is 41.0 Å². The normalized spacial score (nSPS) is 21.7. The molecule has 0 aliphatic heterocycles. The number of rotatable bonds is 5. The van der Waals surface area contributed by atoms with E-state index >= 15 is 0 Å². The van der Waals surface area contributed by atoms with Crippen molar-refractivity contribution >= 4 is 22.7 Å². The number of hydrogen-bond acceptors (Lipinski definition) is 4. The van der Waals surface area contributed by atoms with Crippen molar-refractivity contribution in [2.24, 2.45) is 17.8 Å². The zero-order chi connectivity index (χ0) is 28.2. The maximum absolute atomic E-state index is 14.4. The number of nitrogens with one attached hydrogen (secondary N) is 2. The van der Waals surface area contributed by atoms with Crippen molar-refractivity contribution < 1.29 is 31.9 Å². The van der Waals surface area contributed by atoms with E-state index in [1.807, 2.05) is 0 Å². The fraction of sp³-hybridized carbons (Fsp3) is 0.276. The lowest BCUT2D eigenvalue weighted by molar-refractivity contribution is -0.144. The second-order valence-corrected chi connectivity index (χ2v) is 10.3. The number of hydrogen-bond donors (Lipinski definition) is 3.